The van der Waals surface area contributed by atoms with Crippen LogP contribution in [0.1, 0.15) is 47.3 Å². The van der Waals surface area contributed by atoms with Gasteiger partial charge < -0.3 is 20.7 Å². The monoisotopic (exact) mass is 573 g/mol. The van der Waals surface area contributed by atoms with Crippen LogP contribution >= 0.6 is 0 Å². The van der Waals surface area contributed by atoms with E-state index in [2.05, 4.69) is 25.4 Å². The Bertz CT molecular complexity index is 1450. The second-order valence-corrected chi connectivity index (χ2v) is 11.1. The second kappa shape index (κ2) is 12.6. The molecule has 0 unspecified atom stereocenters. The lowest BCUT2D eigenvalue weighted by Gasteiger charge is -2.33. The molecule has 3 N–H and O–H groups in total. The number of amides is 2. The Morgan fingerprint density at radius 1 is 1.12 bits per heavy atom. The van der Waals surface area contributed by atoms with E-state index in [4.69, 9.17) is 10.5 Å². The van der Waals surface area contributed by atoms with Crippen molar-refractivity contribution in [2.45, 2.75) is 45.2 Å². The predicted octanol–water partition coefficient (Wildman–Crippen LogP) is 0.813. The van der Waals surface area contributed by atoms with E-state index in [0.29, 0.717) is 51.4 Å². The fourth-order valence-electron chi connectivity index (χ4n) is 4.58. The molecule has 1 aliphatic heterocycles. The topological polar surface area (TPSA) is 171 Å². The normalized spacial score (nSPS) is 14.8. The number of nitrogens with two attached hydrogens (primary N) is 1. The molecule has 0 atom stereocenters. The van der Waals surface area contributed by atoms with Crippen molar-refractivity contribution in [2.75, 3.05) is 44.6 Å². The minimum Gasteiger partial charge on any atom is -0.477 e. The molecule has 14 nitrogen and oxygen atoms in total. The van der Waals surface area contributed by atoms with Gasteiger partial charge in [-0.1, -0.05) is 13.8 Å². The standard InChI is InChI=1S/C25H35N9O5S/c1-4-20-21(22(23(26)35)30-34(20)15-12-32-9-7-8-28-32)29-24(36)19-16-18(17-27-25(19)39-6-3)40(37,38)33-13-10-31(5-2)11-14-33/h7-9,16-17H,4-6,10-15H2,1-3H3,(H2,26,35)(H,29,36). The molecular weight excluding hydrogens is 538 g/mol. The number of piperazine rings is 1. The van der Waals surface area contributed by atoms with E-state index in [1.54, 1.807) is 34.7 Å². The zero-order chi connectivity index (χ0) is 28.9. The first-order valence-corrected chi connectivity index (χ1v) is 14.7. The fourth-order valence-corrected chi connectivity index (χ4v) is 5.97. The number of rotatable bonds is 12. The van der Waals surface area contributed by atoms with Crippen LogP contribution in [-0.4, -0.2) is 93.3 Å². The molecule has 0 aliphatic carbocycles. The van der Waals surface area contributed by atoms with Gasteiger partial charge in [-0.25, -0.2) is 13.4 Å². The number of carbonyl (C=O) groups excluding carboxylic acids is 2. The first-order chi connectivity index (χ1) is 19.2. The number of carbonyl (C=O) groups is 2. The lowest BCUT2D eigenvalue weighted by atomic mass is 10.2. The maximum absolute atomic E-state index is 13.6. The quantitative estimate of drug-likeness (QED) is 0.318. The van der Waals surface area contributed by atoms with E-state index in [0.717, 1.165) is 6.54 Å². The molecule has 0 spiro atoms. The van der Waals surface area contributed by atoms with Crippen molar-refractivity contribution in [1.29, 1.82) is 0 Å². The number of pyridine rings is 1. The van der Waals surface area contributed by atoms with Gasteiger partial charge in [0.1, 0.15) is 10.5 Å². The summed E-state index contributed by atoms with van der Waals surface area (Å²) in [5.41, 5.74) is 6.16. The molecule has 0 aromatic carbocycles. The highest BCUT2D eigenvalue weighted by Gasteiger charge is 2.31. The molecule has 0 bridgehead atoms. The zero-order valence-corrected chi connectivity index (χ0v) is 23.7. The molecule has 1 saturated heterocycles. The molecule has 1 aliphatic rings. The van der Waals surface area contributed by atoms with Crippen LogP contribution < -0.4 is 15.8 Å². The highest BCUT2D eigenvalue weighted by atomic mass is 32.2. The molecule has 0 radical (unpaired) electrons. The van der Waals surface area contributed by atoms with Gasteiger partial charge in [0.25, 0.3) is 11.8 Å². The average molecular weight is 574 g/mol. The van der Waals surface area contributed by atoms with Gasteiger partial charge in [-0.15, -0.1) is 0 Å². The van der Waals surface area contributed by atoms with Gasteiger partial charge in [0, 0.05) is 38.6 Å². The molecule has 0 saturated carbocycles. The Balaban J connectivity index is 1.65. The number of aromatic nitrogens is 5. The maximum Gasteiger partial charge on any atom is 0.271 e. The minimum atomic E-state index is -3.90. The lowest BCUT2D eigenvalue weighted by molar-refractivity contribution is 0.0995. The number of ether oxygens (including phenoxy) is 1. The van der Waals surface area contributed by atoms with Crippen molar-refractivity contribution in [2.24, 2.45) is 5.73 Å². The van der Waals surface area contributed by atoms with Crippen molar-refractivity contribution in [3.63, 3.8) is 0 Å². The van der Waals surface area contributed by atoms with Crippen molar-refractivity contribution < 1.29 is 22.7 Å². The van der Waals surface area contributed by atoms with Crippen LogP contribution in [0.2, 0.25) is 0 Å². The molecule has 15 heteroatoms. The Kier molecular flexibility index (Phi) is 9.17. The first-order valence-electron chi connectivity index (χ1n) is 13.2. The van der Waals surface area contributed by atoms with E-state index < -0.39 is 21.8 Å². The molecular formula is C25H35N9O5S. The number of nitrogens with zero attached hydrogens (tertiary/aromatic N) is 7. The average Bonchev–Trinajstić information content (AvgIpc) is 3.60. The molecule has 2 amide bonds. The summed E-state index contributed by atoms with van der Waals surface area (Å²) in [5.74, 6) is -1.54. The van der Waals surface area contributed by atoms with Gasteiger partial charge in [-0.05, 0) is 32.0 Å². The Hall–Kier alpha value is -3.82. The van der Waals surface area contributed by atoms with Crippen LogP contribution in [-0.2, 0) is 29.5 Å². The summed E-state index contributed by atoms with van der Waals surface area (Å²) in [4.78, 5) is 32.1. The van der Waals surface area contributed by atoms with Gasteiger partial charge >= 0.3 is 0 Å². The maximum atomic E-state index is 13.6. The number of likely N-dealkylation sites (N-methyl/N-ethyl adjacent to an activating group) is 1. The van der Waals surface area contributed by atoms with Crippen LogP contribution in [0.15, 0.2) is 35.6 Å². The Labute approximate surface area is 233 Å². The van der Waals surface area contributed by atoms with E-state index in [1.807, 2.05) is 13.8 Å². The van der Waals surface area contributed by atoms with E-state index in [1.165, 1.54) is 16.6 Å². The number of aryl methyl sites for hydroxylation is 2. The van der Waals surface area contributed by atoms with Crippen LogP contribution in [0.5, 0.6) is 5.88 Å². The number of hydrogen-bond acceptors (Lipinski definition) is 9. The Morgan fingerprint density at radius 3 is 2.48 bits per heavy atom. The second-order valence-electron chi connectivity index (χ2n) is 9.13. The van der Waals surface area contributed by atoms with Gasteiger partial charge in [-0.3, -0.25) is 19.0 Å². The van der Waals surface area contributed by atoms with Crippen molar-refractivity contribution in [3.8, 4) is 5.88 Å². The summed E-state index contributed by atoms with van der Waals surface area (Å²) in [6.45, 7) is 9.44. The predicted molar refractivity (Wildman–Crippen MR) is 147 cm³/mol. The third kappa shape index (κ3) is 6.16. The Morgan fingerprint density at radius 2 is 1.88 bits per heavy atom. The third-order valence-electron chi connectivity index (χ3n) is 6.73. The number of primary amides is 1. The highest BCUT2D eigenvalue weighted by molar-refractivity contribution is 7.89. The van der Waals surface area contributed by atoms with Gasteiger partial charge in [0.15, 0.2) is 5.69 Å². The van der Waals surface area contributed by atoms with Crippen LogP contribution in [0.4, 0.5) is 5.69 Å². The van der Waals surface area contributed by atoms with Gasteiger partial charge in [0.2, 0.25) is 15.9 Å². The van der Waals surface area contributed by atoms with Crippen molar-refractivity contribution in [3.05, 3.63) is 47.7 Å². The zero-order valence-electron chi connectivity index (χ0n) is 22.9. The SMILES string of the molecule is CCOc1ncc(S(=O)(=O)N2CCN(CC)CC2)cc1C(=O)Nc1c(C(N)=O)nn(CCn2cccn2)c1CC. The molecule has 216 valence electrons. The van der Waals surface area contributed by atoms with Crippen molar-refractivity contribution in [1.82, 2.24) is 33.8 Å². The highest BCUT2D eigenvalue weighted by Crippen LogP contribution is 2.27. The summed E-state index contributed by atoms with van der Waals surface area (Å²) in [6.07, 6.45) is 5.10. The summed E-state index contributed by atoms with van der Waals surface area (Å²) in [5, 5.41) is 11.3. The third-order valence-corrected chi connectivity index (χ3v) is 8.60. The smallest absolute Gasteiger partial charge is 0.271 e. The number of sulfonamides is 1. The van der Waals surface area contributed by atoms with Crippen LogP contribution in [0.25, 0.3) is 0 Å². The number of anilines is 1. The van der Waals surface area contributed by atoms with Crippen LogP contribution in [0.3, 0.4) is 0 Å². The number of hydrogen-bond donors (Lipinski definition) is 2. The summed E-state index contributed by atoms with van der Waals surface area (Å²) < 4.78 is 37.1. The first kappa shape index (κ1) is 29.2. The molecule has 4 rings (SSSR count). The van der Waals surface area contributed by atoms with E-state index >= 15 is 0 Å². The molecule has 4 heterocycles. The number of nitrogens with one attached hydrogen (secondary N) is 1. The minimum absolute atomic E-state index is 0.0282. The summed E-state index contributed by atoms with van der Waals surface area (Å²) >= 11 is 0. The van der Waals surface area contributed by atoms with Gasteiger partial charge in [0.05, 0.1) is 37.3 Å². The molecule has 1 fully saturated rings. The van der Waals surface area contributed by atoms with Crippen molar-refractivity contribution >= 4 is 27.5 Å². The lowest BCUT2D eigenvalue weighted by Crippen LogP contribution is -2.48. The largest absolute Gasteiger partial charge is 0.477 e. The van der Waals surface area contributed by atoms with E-state index in [-0.39, 0.29) is 34.3 Å². The van der Waals surface area contributed by atoms with Crippen LogP contribution in [0, 0.1) is 0 Å². The molecule has 3 aromatic heterocycles. The van der Waals surface area contributed by atoms with E-state index in [9.17, 15) is 18.0 Å². The summed E-state index contributed by atoms with van der Waals surface area (Å²) in [6, 6.07) is 3.06. The molecule has 40 heavy (non-hydrogen) atoms. The van der Waals surface area contributed by atoms with Gasteiger partial charge in [-0.2, -0.15) is 14.5 Å². The molecule has 3 aromatic rings. The summed E-state index contributed by atoms with van der Waals surface area (Å²) in [7, 11) is -3.90. The fraction of sp³-hybridized carbons (Fsp3) is 0.480.